The SMILES string of the molecule is CCC(C)(NC(=O)c1cc(Br)ccc1F)C(N)=O. The Balaban J connectivity index is 3.02. The highest BCUT2D eigenvalue weighted by atomic mass is 79.9. The largest absolute Gasteiger partial charge is 0.368 e. The number of carbonyl (C=O) groups is 2. The minimum absolute atomic E-state index is 0.134. The number of benzene rings is 1. The molecule has 4 nitrogen and oxygen atoms in total. The van der Waals surface area contributed by atoms with Gasteiger partial charge in [0.15, 0.2) is 0 Å². The van der Waals surface area contributed by atoms with E-state index in [1.807, 2.05) is 0 Å². The van der Waals surface area contributed by atoms with Crippen LogP contribution in [-0.4, -0.2) is 17.4 Å². The normalized spacial score (nSPS) is 13.8. The maximum Gasteiger partial charge on any atom is 0.255 e. The Hall–Kier alpha value is -1.43. The van der Waals surface area contributed by atoms with E-state index in [1.54, 1.807) is 6.92 Å². The van der Waals surface area contributed by atoms with Crippen LogP contribution in [0.5, 0.6) is 0 Å². The number of halogens is 2. The zero-order valence-corrected chi connectivity index (χ0v) is 11.7. The van der Waals surface area contributed by atoms with Crippen molar-refractivity contribution in [2.45, 2.75) is 25.8 Å². The number of hydrogen-bond donors (Lipinski definition) is 2. The minimum Gasteiger partial charge on any atom is -0.368 e. The molecule has 0 aliphatic rings. The fraction of sp³-hybridized carbons (Fsp3) is 0.333. The first kappa shape index (κ1) is 14.6. The van der Waals surface area contributed by atoms with E-state index in [4.69, 9.17) is 5.73 Å². The molecule has 0 aliphatic carbocycles. The molecule has 1 rings (SSSR count). The van der Waals surface area contributed by atoms with Crippen LogP contribution < -0.4 is 11.1 Å². The van der Waals surface area contributed by atoms with Crippen LogP contribution in [0.15, 0.2) is 22.7 Å². The van der Waals surface area contributed by atoms with Gasteiger partial charge in [0, 0.05) is 4.47 Å². The van der Waals surface area contributed by atoms with Crippen molar-refractivity contribution in [2.24, 2.45) is 5.73 Å². The molecule has 6 heteroatoms. The first-order valence-electron chi connectivity index (χ1n) is 5.37. The van der Waals surface area contributed by atoms with Crippen molar-refractivity contribution in [2.75, 3.05) is 0 Å². The molecule has 0 saturated heterocycles. The second-order valence-electron chi connectivity index (χ2n) is 4.13. The predicted octanol–water partition coefficient (Wildman–Crippen LogP) is 1.97. The molecule has 0 aliphatic heterocycles. The maximum atomic E-state index is 13.5. The van der Waals surface area contributed by atoms with Crippen molar-refractivity contribution in [3.05, 3.63) is 34.1 Å². The summed E-state index contributed by atoms with van der Waals surface area (Å²) in [6.45, 7) is 3.21. The van der Waals surface area contributed by atoms with Crippen molar-refractivity contribution >= 4 is 27.7 Å². The van der Waals surface area contributed by atoms with Gasteiger partial charge in [0.25, 0.3) is 5.91 Å². The number of hydrogen-bond acceptors (Lipinski definition) is 2. The zero-order chi connectivity index (χ0) is 13.9. The Kier molecular flexibility index (Phi) is 4.45. The number of amides is 2. The molecule has 1 unspecified atom stereocenters. The molecule has 1 aromatic carbocycles. The molecule has 98 valence electrons. The summed E-state index contributed by atoms with van der Waals surface area (Å²) >= 11 is 3.15. The highest BCUT2D eigenvalue weighted by Crippen LogP contribution is 2.17. The second-order valence-corrected chi connectivity index (χ2v) is 5.04. The summed E-state index contributed by atoms with van der Waals surface area (Å²) in [6.07, 6.45) is 0.323. The Bertz CT molecular complexity index is 493. The first-order chi connectivity index (χ1) is 8.30. The minimum atomic E-state index is -1.19. The molecule has 1 atom stereocenters. The lowest BCUT2D eigenvalue weighted by atomic mass is 9.97. The molecule has 0 saturated carbocycles. The van der Waals surface area contributed by atoms with Gasteiger partial charge in [-0.15, -0.1) is 0 Å². The average Bonchev–Trinajstić information content (AvgIpc) is 2.31. The van der Waals surface area contributed by atoms with Crippen LogP contribution in [0.4, 0.5) is 4.39 Å². The highest BCUT2D eigenvalue weighted by Gasteiger charge is 2.31. The van der Waals surface area contributed by atoms with E-state index in [9.17, 15) is 14.0 Å². The van der Waals surface area contributed by atoms with Crippen LogP contribution in [0.1, 0.15) is 30.6 Å². The third-order valence-corrected chi connectivity index (χ3v) is 3.31. The van der Waals surface area contributed by atoms with Crippen molar-refractivity contribution in [3.8, 4) is 0 Å². The maximum absolute atomic E-state index is 13.5. The summed E-state index contributed by atoms with van der Waals surface area (Å²) in [7, 11) is 0. The molecule has 18 heavy (non-hydrogen) atoms. The van der Waals surface area contributed by atoms with Gasteiger partial charge < -0.3 is 11.1 Å². The van der Waals surface area contributed by atoms with E-state index >= 15 is 0 Å². The van der Waals surface area contributed by atoms with Crippen LogP contribution in [-0.2, 0) is 4.79 Å². The van der Waals surface area contributed by atoms with Crippen LogP contribution in [0, 0.1) is 5.82 Å². The van der Waals surface area contributed by atoms with Gasteiger partial charge in [0.1, 0.15) is 11.4 Å². The van der Waals surface area contributed by atoms with Crippen LogP contribution in [0.3, 0.4) is 0 Å². The number of nitrogens with two attached hydrogens (primary N) is 1. The zero-order valence-electron chi connectivity index (χ0n) is 10.1. The highest BCUT2D eigenvalue weighted by molar-refractivity contribution is 9.10. The van der Waals surface area contributed by atoms with Crippen LogP contribution >= 0.6 is 15.9 Å². The fourth-order valence-corrected chi connectivity index (χ4v) is 1.67. The van der Waals surface area contributed by atoms with E-state index in [0.29, 0.717) is 10.9 Å². The van der Waals surface area contributed by atoms with E-state index in [0.717, 1.165) is 0 Å². The summed E-state index contributed by atoms with van der Waals surface area (Å²) in [5.41, 5.74) is 3.90. The number of primary amides is 1. The van der Waals surface area contributed by atoms with E-state index in [-0.39, 0.29) is 5.56 Å². The molecule has 0 heterocycles. The Morgan fingerprint density at radius 2 is 2.11 bits per heavy atom. The van der Waals surface area contributed by atoms with Gasteiger partial charge in [-0.25, -0.2) is 4.39 Å². The monoisotopic (exact) mass is 316 g/mol. The van der Waals surface area contributed by atoms with Gasteiger partial charge >= 0.3 is 0 Å². The molecule has 0 bridgehead atoms. The summed E-state index contributed by atoms with van der Waals surface area (Å²) < 4.78 is 14.1. The quantitative estimate of drug-likeness (QED) is 0.891. The van der Waals surface area contributed by atoms with Crippen molar-refractivity contribution in [3.63, 3.8) is 0 Å². The summed E-state index contributed by atoms with van der Waals surface area (Å²) in [4.78, 5) is 23.2. The van der Waals surface area contributed by atoms with Gasteiger partial charge in [-0.2, -0.15) is 0 Å². The van der Waals surface area contributed by atoms with Gasteiger partial charge in [0.2, 0.25) is 5.91 Å². The smallest absolute Gasteiger partial charge is 0.255 e. The fourth-order valence-electron chi connectivity index (χ4n) is 1.31. The lowest BCUT2D eigenvalue weighted by Crippen LogP contribution is -2.55. The Morgan fingerprint density at radius 3 is 2.61 bits per heavy atom. The van der Waals surface area contributed by atoms with E-state index in [1.165, 1.54) is 25.1 Å². The molecule has 0 spiro atoms. The summed E-state index contributed by atoms with van der Waals surface area (Å²) in [5.74, 6) is -1.98. The number of carbonyl (C=O) groups excluding carboxylic acids is 2. The average molecular weight is 317 g/mol. The molecule has 2 amide bonds. The molecular formula is C12H14BrFN2O2. The van der Waals surface area contributed by atoms with Crippen LogP contribution in [0.2, 0.25) is 0 Å². The first-order valence-corrected chi connectivity index (χ1v) is 6.17. The number of rotatable bonds is 4. The van der Waals surface area contributed by atoms with E-state index < -0.39 is 23.2 Å². The second kappa shape index (κ2) is 5.48. The molecule has 3 N–H and O–H groups in total. The van der Waals surface area contributed by atoms with Gasteiger partial charge in [-0.3, -0.25) is 9.59 Å². The topological polar surface area (TPSA) is 72.2 Å². The Labute approximate surface area is 113 Å². The molecule has 0 aromatic heterocycles. The third-order valence-electron chi connectivity index (χ3n) is 2.81. The number of nitrogens with one attached hydrogen (secondary N) is 1. The van der Waals surface area contributed by atoms with Crippen molar-refractivity contribution < 1.29 is 14.0 Å². The lowest BCUT2D eigenvalue weighted by Gasteiger charge is -2.25. The van der Waals surface area contributed by atoms with Gasteiger partial charge in [-0.1, -0.05) is 22.9 Å². The molecule has 1 aromatic rings. The molecular weight excluding hydrogens is 303 g/mol. The van der Waals surface area contributed by atoms with E-state index in [2.05, 4.69) is 21.2 Å². The lowest BCUT2D eigenvalue weighted by molar-refractivity contribution is -0.123. The Morgan fingerprint density at radius 1 is 1.50 bits per heavy atom. The predicted molar refractivity (Wildman–Crippen MR) is 69.5 cm³/mol. The summed E-state index contributed by atoms with van der Waals surface area (Å²) in [6, 6.07) is 4.01. The molecule has 0 fully saturated rings. The summed E-state index contributed by atoms with van der Waals surface area (Å²) in [5, 5.41) is 2.45. The van der Waals surface area contributed by atoms with Crippen molar-refractivity contribution in [1.82, 2.24) is 5.32 Å². The van der Waals surface area contributed by atoms with Gasteiger partial charge in [0.05, 0.1) is 5.56 Å². The van der Waals surface area contributed by atoms with Crippen molar-refractivity contribution in [1.29, 1.82) is 0 Å². The van der Waals surface area contributed by atoms with Crippen LogP contribution in [0.25, 0.3) is 0 Å². The standard InChI is InChI=1S/C12H14BrFN2O2/c1-3-12(2,11(15)18)16-10(17)8-6-7(13)4-5-9(8)14/h4-6H,3H2,1-2H3,(H2,15,18)(H,16,17). The van der Waals surface area contributed by atoms with Gasteiger partial charge in [-0.05, 0) is 31.5 Å². The molecule has 0 radical (unpaired) electrons. The third kappa shape index (κ3) is 3.07.